The van der Waals surface area contributed by atoms with Crippen molar-refractivity contribution in [2.45, 2.75) is 44.2 Å². The largest absolute Gasteiger partial charge is 0.375 e. The average Bonchev–Trinajstić information content (AvgIpc) is 2.43. The topological polar surface area (TPSA) is 21.8 Å². The first-order valence-electron chi connectivity index (χ1n) is 5.15. The van der Waals surface area contributed by atoms with Gasteiger partial charge in [0.1, 0.15) is 0 Å². The molecule has 7 unspecified atom stereocenters. The second-order valence-electron chi connectivity index (χ2n) is 4.90. The van der Waals surface area contributed by atoms with Crippen molar-refractivity contribution in [3.8, 4) is 0 Å². The molecule has 0 amide bonds. The predicted octanol–water partition coefficient (Wildman–Crippen LogP) is 1.20. The van der Waals surface area contributed by atoms with E-state index in [2.05, 4.69) is 6.92 Å². The fraction of sp³-hybridized carbons (Fsp3) is 1.00. The van der Waals surface area contributed by atoms with Crippen LogP contribution < -0.4 is 0 Å². The summed E-state index contributed by atoms with van der Waals surface area (Å²) < 4.78 is 11.5. The smallest absolute Gasteiger partial charge is 0.0897 e. The van der Waals surface area contributed by atoms with Gasteiger partial charge in [0.05, 0.1) is 24.4 Å². The number of epoxide rings is 1. The molecule has 2 saturated carbocycles. The summed E-state index contributed by atoms with van der Waals surface area (Å²) in [5.74, 6) is 2.62. The Balaban J connectivity index is 1.73. The van der Waals surface area contributed by atoms with E-state index >= 15 is 0 Å². The Morgan fingerprint density at radius 1 is 1.00 bits per heavy atom. The molecule has 0 N–H and O–H groups in total. The summed E-state index contributed by atoms with van der Waals surface area (Å²) in [5.41, 5.74) is 0. The van der Waals surface area contributed by atoms with E-state index in [-0.39, 0.29) is 0 Å². The van der Waals surface area contributed by atoms with E-state index in [0.717, 1.165) is 17.8 Å². The quantitative estimate of drug-likeness (QED) is 0.504. The van der Waals surface area contributed by atoms with E-state index in [1.54, 1.807) is 0 Å². The molecule has 2 heterocycles. The van der Waals surface area contributed by atoms with Crippen molar-refractivity contribution in [2.75, 3.05) is 0 Å². The zero-order valence-electron chi connectivity index (χ0n) is 7.27. The Bertz CT molecular complexity index is 240. The number of hydrogen-bond donors (Lipinski definition) is 0. The lowest BCUT2D eigenvalue weighted by Gasteiger charge is -2.30. The van der Waals surface area contributed by atoms with Crippen molar-refractivity contribution in [2.24, 2.45) is 17.8 Å². The number of fused-ring (bicyclic) bond motifs is 7. The normalized spacial score (nSPS) is 71.2. The number of hydrogen-bond acceptors (Lipinski definition) is 2. The molecule has 0 aromatic heterocycles. The molecule has 4 fully saturated rings. The van der Waals surface area contributed by atoms with Crippen LogP contribution in [0.5, 0.6) is 0 Å². The summed E-state index contributed by atoms with van der Waals surface area (Å²) >= 11 is 0. The highest BCUT2D eigenvalue weighted by atomic mass is 16.6. The molecule has 4 rings (SSSR count). The van der Waals surface area contributed by atoms with Crippen LogP contribution in [0.1, 0.15) is 19.8 Å². The van der Waals surface area contributed by atoms with Gasteiger partial charge in [-0.25, -0.2) is 0 Å². The fourth-order valence-electron chi connectivity index (χ4n) is 3.96. The molecule has 66 valence electrons. The van der Waals surface area contributed by atoms with Crippen molar-refractivity contribution < 1.29 is 9.47 Å². The maximum atomic E-state index is 5.89. The number of rotatable bonds is 0. The van der Waals surface area contributed by atoms with Gasteiger partial charge in [0, 0.05) is 5.92 Å². The van der Waals surface area contributed by atoms with Crippen LogP contribution in [-0.4, -0.2) is 24.4 Å². The van der Waals surface area contributed by atoms with Crippen LogP contribution in [0.15, 0.2) is 0 Å². The zero-order chi connectivity index (χ0) is 7.87. The first-order chi connectivity index (χ1) is 5.84. The Hall–Kier alpha value is -0.0800. The van der Waals surface area contributed by atoms with Gasteiger partial charge >= 0.3 is 0 Å². The van der Waals surface area contributed by atoms with Crippen LogP contribution >= 0.6 is 0 Å². The van der Waals surface area contributed by atoms with Gasteiger partial charge < -0.3 is 9.47 Å². The summed E-state index contributed by atoms with van der Waals surface area (Å²) in [7, 11) is 0. The Kier molecular flexibility index (Phi) is 0.921. The van der Waals surface area contributed by atoms with Crippen molar-refractivity contribution in [3.63, 3.8) is 0 Å². The van der Waals surface area contributed by atoms with Crippen molar-refractivity contribution in [3.05, 3.63) is 0 Å². The highest BCUT2D eigenvalue weighted by Crippen LogP contribution is 2.61. The van der Waals surface area contributed by atoms with E-state index in [1.165, 1.54) is 12.8 Å². The molecular formula is C10H14O2. The van der Waals surface area contributed by atoms with Gasteiger partial charge in [-0.2, -0.15) is 0 Å². The van der Waals surface area contributed by atoms with Gasteiger partial charge in [0.25, 0.3) is 0 Å². The van der Waals surface area contributed by atoms with E-state index in [4.69, 9.17) is 9.47 Å². The van der Waals surface area contributed by atoms with Crippen LogP contribution in [0.25, 0.3) is 0 Å². The summed E-state index contributed by atoms with van der Waals surface area (Å²) in [6, 6.07) is 0. The van der Waals surface area contributed by atoms with Crippen molar-refractivity contribution in [1.82, 2.24) is 0 Å². The molecule has 0 spiro atoms. The van der Waals surface area contributed by atoms with Crippen LogP contribution in [0, 0.1) is 17.8 Å². The first kappa shape index (κ1) is 6.39. The standard InChI is InChI=1S/C10H14O2/c1-4-5-2-7(11-4)9-6(5)3-8-10(9)12-8/h4-10H,2-3H2,1H3. The Morgan fingerprint density at radius 3 is 2.75 bits per heavy atom. The molecule has 0 radical (unpaired) electrons. The second-order valence-corrected chi connectivity index (χ2v) is 4.90. The van der Waals surface area contributed by atoms with Gasteiger partial charge in [0.15, 0.2) is 0 Å². The SMILES string of the molecule is CC1OC2CC1C1CC3OC3C21. The maximum Gasteiger partial charge on any atom is 0.0897 e. The lowest BCUT2D eigenvalue weighted by atomic mass is 9.86. The molecule has 2 aliphatic heterocycles. The minimum atomic E-state index is 0.536. The molecular weight excluding hydrogens is 152 g/mol. The monoisotopic (exact) mass is 166 g/mol. The van der Waals surface area contributed by atoms with Crippen molar-refractivity contribution in [1.29, 1.82) is 0 Å². The fourth-order valence-corrected chi connectivity index (χ4v) is 3.96. The lowest BCUT2D eigenvalue weighted by molar-refractivity contribution is -0.0559. The molecule has 2 heteroatoms. The molecule has 2 nitrogen and oxygen atoms in total. The molecule has 2 aliphatic carbocycles. The molecule has 7 atom stereocenters. The van der Waals surface area contributed by atoms with E-state index in [9.17, 15) is 0 Å². The molecule has 2 bridgehead atoms. The summed E-state index contributed by atoms with van der Waals surface area (Å²) in [5, 5.41) is 0. The predicted molar refractivity (Wildman–Crippen MR) is 42.7 cm³/mol. The van der Waals surface area contributed by atoms with Crippen LogP contribution in [-0.2, 0) is 9.47 Å². The summed E-state index contributed by atoms with van der Waals surface area (Å²) in [4.78, 5) is 0. The lowest BCUT2D eigenvalue weighted by Crippen LogP contribution is -2.33. The minimum Gasteiger partial charge on any atom is -0.375 e. The van der Waals surface area contributed by atoms with Crippen LogP contribution in [0.4, 0.5) is 0 Å². The summed E-state index contributed by atoms with van der Waals surface area (Å²) in [6.07, 6.45) is 5.01. The van der Waals surface area contributed by atoms with Gasteiger partial charge in [-0.15, -0.1) is 0 Å². The van der Waals surface area contributed by atoms with Gasteiger partial charge in [-0.1, -0.05) is 0 Å². The second kappa shape index (κ2) is 1.73. The van der Waals surface area contributed by atoms with Gasteiger partial charge in [-0.05, 0) is 31.6 Å². The highest BCUT2D eigenvalue weighted by molar-refractivity contribution is 5.13. The minimum absolute atomic E-state index is 0.536. The van der Waals surface area contributed by atoms with Crippen LogP contribution in [0.2, 0.25) is 0 Å². The van der Waals surface area contributed by atoms with E-state index < -0.39 is 0 Å². The Labute approximate surface area is 72.2 Å². The highest BCUT2D eigenvalue weighted by Gasteiger charge is 2.66. The van der Waals surface area contributed by atoms with Gasteiger partial charge in [0.2, 0.25) is 0 Å². The van der Waals surface area contributed by atoms with Crippen molar-refractivity contribution >= 4 is 0 Å². The molecule has 0 aromatic rings. The first-order valence-corrected chi connectivity index (χ1v) is 5.15. The summed E-state index contributed by atoms with van der Waals surface area (Å²) in [6.45, 7) is 2.24. The molecule has 2 saturated heterocycles. The molecule has 4 aliphatic rings. The third-order valence-electron chi connectivity index (χ3n) is 4.48. The third kappa shape index (κ3) is 0.549. The average molecular weight is 166 g/mol. The zero-order valence-corrected chi connectivity index (χ0v) is 7.27. The third-order valence-corrected chi connectivity index (χ3v) is 4.48. The maximum absolute atomic E-state index is 5.89. The van der Waals surface area contributed by atoms with E-state index in [1.807, 2.05) is 0 Å². The number of ether oxygens (including phenoxy) is 2. The molecule has 0 aromatic carbocycles. The Morgan fingerprint density at radius 2 is 1.83 bits per heavy atom. The molecule has 12 heavy (non-hydrogen) atoms. The van der Waals surface area contributed by atoms with Gasteiger partial charge in [-0.3, -0.25) is 0 Å². The van der Waals surface area contributed by atoms with E-state index in [0.29, 0.717) is 24.4 Å². The van der Waals surface area contributed by atoms with Crippen LogP contribution in [0.3, 0.4) is 0 Å².